The summed E-state index contributed by atoms with van der Waals surface area (Å²) in [5.41, 5.74) is 1.61. The Morgan fingerprint density at radius 2 is 1.85 bits per heavy atom. The quantitative estimate of drug-likeness (QED) is 0.611. The summed E-state index contributed by atoms with van der Waals surface area (Å²) in [6.45, 7) is 3.25. The van der Waals surface area contributed by atoms with E-state index in [-0.39, 0.29) is 6.04 Å². The van der Waals surface area contributed by atoms with E-state index < -0.39 is 11.6 Å². The van der Waals surface area contributed by atoms with Crippen LogP contribution in [0, 0.1) is 23.5 Å². The average Bonchev–Trinajstić information content (AvgIpc) is 3.36. The molecule has 2 bridgehead atoms. The van der Waals surface area contributed by atoms with Crippen LogP contribution in [0.5, 0.6) is 5.88 Å². The molecule has 6 rings (SSSR count). The van der Waals surface area contributed by atoms with Crippen molar-refractivity contribution >= 4 is 23.3 Å². The Hall–Kier alpha value is -3.50. The molecule has 3 aromatic rings. The van der Waals surface area contributed by atoms with Crippen LogP contribution in [0.15, 0.2) is 30.5 Å². The van der Waals surface area contributed by atoms with Crippen molar-refractivity contribution in [1.29, 1.82) is 0 Å². The zero-order chi connectivity index (χ0) is 23.2. The summed E-state index contributed by atoms with van der Waals surface area (Å²) in [5, 5.41) is 16.3. The standard InChI is InChI=1S/C23H26F2N8O/c1-34-20-10-17(11-26-29-20)31-12-14-3-4-15(13-31)21(14)27-22-28-23-32(7-2-8-33(23)30-22)16-5-6-18(24)19(25)9-16/h5-6,9-11,14-15,21H,2-4,7-8,12-13H2,1H3,(H,27,30)/t14-,15+,21+. The fraction of sp³-hybridized carbons (Fsp3) is 0.478. The summed E-state index contributed by atoms with van der Waals surface area (Å²) in [6.07, 6.45) is 4.92. The molecule has 34 heavy (non-hydrogen) atoms. The van der Waals surface area contributed by atoms with Crippen LogP contribution >= 0.6 is 0 Å². The Balaban J connectivity index is 1.20. The molecule has 178 valence electrons. The Morgan fingerprint density at radius 1 is 1.03 bits per heavy atom. The van der Waals surface area contributed by atoms with Gasteiger partial charge in [0.2, 0.25) is 17.8 Å². The zero-order valence-corrected chi connectivity index (χ0v) is 18.9. The van der Waals surface area contributed by atoms with Crippen molar-refractivity contribution in [3.63, 3.8) is 0 Å². The number of nitrogens with one attached hydrogen (secondary N) is 1. The molecule has 0 radical (unpaired) electrons. The Kier molecular flexibility index (Phi) is 5.19. The van der Waals surface area contributed by atoms with Gasteiger partial charge in [-0.2, -0.15) is 10.1 Å². The molecule has 1 saturated carbocycles. The van der Waals surface area contributed by atoms with Crippen LogP contribution in [0.25, 0.3) is 0 Å². The molecule has 3 atom stereocenters. The van der Waals surface area contributed by atoms with Crippen LogP contribution < -0.4 is 19.9 Å². The van der Waals surface area contributed by atoms with Crippen molar-refractivity contribution in [2.75, 3.05) is 41.9 Å². The molecule has 0 amide bonds. The molecule has 3 aliphatic rings. The van der Waals surface area contributed by atoms with Gasteiger partial charge in [0, 0.05) is 50.0 Å². The monoisotopic (exact) mass is 468 g/mol. The second-order valence-electron chi connectivity index (χ2n) is 9.19. The highest BCUT2D eigenvalue weighted by Crippen LogP contribution is 2.40. The van der Waals surface area contributed by atoms with Crippen LogP contribution in [0.2, 0.25) is 0 Å². The Morgan fingerprint density at radius 3 is 2.62 bits per heavy atom. The maximum atomic E-state index is 13.8. The molecule has 9 nitrogen and oxygen atoms in total. The minimum Gasteiger partial charge on any atom is -0.480 e. The third-order valence-corrected chi connectivity index (χ3v) is 7.18. The molecular weight excluding hydrogens is 442 g/mol. The number of ether oxygens (including phenoxy) is 1. The first-order valence-corrected chi connectivity index (χ1v) is 11.6. The van der Waals surface area contributed by atoms with E-state index in [1.54, 1.807) is 19.4 Å². The number of aryl methyl sites for hydroxylation is 1. The SMILES string of the molecule is COc1cc(N2C[C@H]3CC[C@@H](C2)[C@H]3Nc2nc3n(n2)CCCN3c2ccc(F)c(F)c2)cnn1. The van der Waals surface area contributed by atoms with E-state index in [2.05, 4.69) is 20.4 Å². The molecule has 11 heteroatoms. The van der Waals surface area contributed by atoms with Crippen molar-refractivity contribution < 1.29 is 13.5 Å². The molecule has 1 N–H and O–H groups in total. The lowest BCUT2D eigenvalue weighted by atomic mass is 9.92. The first-order valence-electron chi connectivity index (χ1n) is 11.6. The van der Waals surface area contributed by atoms with E-state index in [1.165, 1.54) is 6.07 Å². The van der Waals surface area contributed by atoms with E-state index in [4.69, 9.17) is 14.8 Å². The van der Waals surface area contributed by atoms with Crippen molar-refractivity contribution in [2.24, 2.45) is 11.8 Å². The number of piperidine rings is 1. The average molecular weight is 469 g/mol. The number of benzene rings is 1. The predicted octanol–water partition coefficient (Wildman–Crippen LogP) is 3.22. The third kappa shape index (κ3) is 3.68. The van der Waals surface area contributed by atoms with Gasteiger partial charge >= 0.3 is 0 Å². The fourth-order valence-electron chi connectivity index (χ4n) is 5.55. The molecule has 1 saturated heterocycles. The number of methoxy groups -OCH3 is 1. The maximum Gasteiger partial charge on any atom is 0.244 e. The van der Waals surface area contributed by atoms with E-state index in [0.717, 1.165) is 50.7 Å². The molecule has 2 aliphatic heterocycles. The van der Waals surface area contributed by atoms with Crippen LogP contribution in [0.3, 0.4) is 0 Å². The fourth-order valence-corrected chi connectivity index (χ4v) is 5.55. The van der Waals surface area contributed by atoms with Crippen LogP contribution in [0.4, 0.5) is 32.1 Å². The van der Waals surface area contributed by atoms with Crippen molar-refractivity contribution in [3.8, 4) is 5.88 Å². The topological polar surface area (TPSA) is 84.2 Å². The number of halogens is 2. The van der Waals surface area contributed by atoms with Crippen molar-refractivity contribution in [2.45, 2.75) is 31.8 Å². The number of fused-ring (bicyclic) bond motifs is 3. The molecular formula is C23H26F2N8O. The van der Waals surface area contributed by atoms with E-state index in [1.807, 2.05) is 15.6 Å². The Labute approximate surface area is 195 Å². The molecule has 0 spiro atoms. The summed E-state index contributed by atoms with van der Waals surface area (Å²) >= 11 is 0. The van der Waals surface area contributed by atoms with Gasteiger partial charge in [-0.15, -0.1) is 10.2 Å². The number of rotatable bonds is 5. The molecule has 1 aromatic carbocycles. The van der Waals surface area contributed by atoms with Gasteiger partial charge in [0.25, 0.3) is 0 Å². The third-order valence-electron chi connectivity index (χ3n) is 7.18. The van der Waals surface area contributed by atoms with E-state index in [9.17, 15) is 8.78 Å². The van der Waals surface area contributed by atoms with Gasteiger partial charge in [0.1, 0.15) is 0 Å². The number of hydrogen-bond donors (Lipinski definition) is 1. The number of aromatic nitrogens is 5. The van der Waals surface area contributed by atoms with Crippen molar-refractivity contribution in [1.82, 2.24) is 25.0 Å². The van der Waals surface area contributed by atoms with Gasteiger partial charge in [-0.25, -0.2) is 13.5 Å². The highest BCUT2D eigenvalue weighted by molar-refractivity contribution is 5.59. The number of nitrogens with zero attached hydrogens (tertiary/aromatic N) is 7. The smallest absolute Gasteiger partial charge is 0.244 e. The first kappa shape index (κ1) is 21.1. The van der Waals surface area contributed by atoms with Gasteiger partial charge in [0.05, 0.1) is 19.0 Å². The summed E-state index contributed by atoms with van der Waals surface area (Å²) < 4.78 is 34.3. The highest BCUT2D eigenvalue weighted by Gasteiger charge is 2.43. The minimum absolute atomic E-state index is 0.286. The lowest BCUT2D eigenvalue weighted by Crippen LogP contribution is -2.48. The zero-order valence-electron chi connectivity index (χ0n) is 18.9. The molecule has 4 heterocycles. The van der Waals surface area contributed by atoms with Crippen molar-refractivity contribution in [3.05, 3.63) is 42.1 Å². The number of hydrogen-bond acceptors (Lipinski definition) is 8. The van der Waals surface area contributed by atoms with Gasteiger partial charge in [-0.3, -0.25) is 0 Å². The van der Waals surface area contributed by atoms with E-state index >= 15 is 0 Å². The normalized spacial score (nSPS) is 23.7. The highest BCUT2D eigenvalue weighted by atomic mass is 19.2. The number of anilines is 4. The largest absolute Gasteiger partial charge is 0.480 e. The molecule has 0 unspecified atom stereocenters. The second-order valence-corrected chi connectivity index (χ2v) is 9.19. The van der Waals surface area contributed by atoms with Gasteiger partial charge in [0.15, 0.2) is 11.6 Å². The van der Waals surface area contributed by atoms with Crippen LogP contribution in [0.1, 0.15) is 19.3 Å². The summed E-state index contributed by atoms with van der Waals surface area (Å²) in [5.74, 6) is 0.960. The first-order chi connectivity index (χ1) is 16.6. The molecule has 2 aromatic heterocycles. The molecule has 2 fully saturated rings. The summed E-state index contributed by atoms with van der Waals surface area (Å²) in [7, 11) is 1.60. The van der Waals surface area contributed by atoms with Gasteiger partial charge in [-0.05, 0) is 43.2 Å². The van der Waals surface area contributed by atoms with Gasteiger partial charge in [-0.1, -0.05) is 0 Å². The van der Waals surface area contributed by atoms with E-state index in [0.29, 0.717) is 41.8 Å². The lowest BCUT2D eigenvalue weighted by Gasteiger charge is -2.39. The van der Waals surface area contributed by atoms with Crippen LogP contribution in [-0.2, 0) is 6.54 Å². The maximum absolute atomic E-state index is 13.8. The summed E-state index contributed by atoms with van der Waals surface area (Å²) in [6, 6.07) is 6.16. The second kappa shape index (κ2) is 8.37. The lowest BCUT2D eigenvalue weighted by molar-refractivity contribution is 0.372. The Bertz CT molecular complexity index is 1190. The molecule has 1 aliphatic carbocycles. The summed E-state index contributed by atoms with van der Waals surface area (Å²) in [4.78, 5) is 9.00. The van der Waals surface area contributed by atoms with Crippen LogP contribution in [-0.4, -0.2) is 57.7 Å². The minimum atomic E-state index is -0.863. The predicted molar refractivity (Wildman–Crippen MR) is 122 cm³/mol. The van der Waals surface area contributed by atoms with Gasteiger partial charge < -0.3 is 19.9 Å².